The summed E-state index contributed by atoms with van der Waals surface area (Å²) in [6.45, 7) is 2.20. The first-order valence-electron chi connectivity index (χ1n) is 12.3. The van der Waals surface area contributed by atoms with Gasteiger partial charge >= 0.3 is 5.97 Å². The quantitative estimate of drug-likeness (QED) is 0.151. The summed E-state index contributed by atoms with van der Waals surface area (Å²) in [5.74, 6) is 1.17. The zero-order valence-corrected chi connectivity index (χ0v) is 21.4. The average Bonchev–Trinajstić information content (AvgIpc) is 2.98. The minimum Gasteiger partial charge on any atom is -0.497 e. The molecule has 0 amide bonds. The molecule has 5 rings (SSSR count). The smallest absolute Gasteiger partial charge is 0.343 e. The zero-order chi connectivity index (χ0) is 27.2. The number of ether oxygens (including phenoxy) is 3. The van der Waals surface area contributed by atoms with Crippen molar-refractivity contribution in [3.05, 3.63) is 119 Å². The van der Waals surface area contributed by atoms with E-state index in [0.717, 1.165) is 5.56 Å². The predicted octanol–water partition coefficient (Wildman–Crippen LogP) is 5.57. The summed E-state index contributed by atoms with van der Waals surface area (Å²) < 4.78 is 17.8. The highest BCUT2D eigenvalue weighted by atomic mass is 16.6. The molecule has 5 aromatic rings. The largest absolute Gasteiger partial charge is 0.497 e. The maximum atomic E-state index is 13.4. The van der Waals surface area contributed by atoms with Gasteiger partial charge in [-0.25, -0.2) is 9.78 Å². The maximum Gasteiger partial charge on any atom is 0.343 e. The first kappa shape index (κ1) is 25.4. The van der Waals surface area contributed by atoms with Crippen molar-refractivity contribution in [2.75, 3.05) is 13.7 Å². The van der Waals surface area contributed by atoms with Crippen LogP contribution in [0.25, 0.3) is 22.3 Å². The number of methoxy groups -OCH3 is 1. The van der Waals surface area contributed by atoms with E-state index >= 15 is 0 Å². The number of aromatic nitrogens is 2. The molecule has 0 fully saturated rings. The maximum absolute atomic E-state index is 13.4. The van der Waals surface area contributed by atoms with Crippen molar-refractivity contribution in [2.45, 2.75) is 6.92 Å². The van der Waals surface area contributed by atoms with Crippen LogP contribution in [-0.4, -0.2) is 35.6 Å². The van der Waals surface area contributed by atoms with Crippen LogP contribution in [0.3, 0.4) is 0 Å². The number of hydrogen-bond acceptors (Lipinski definition) is 7. The van der Waals surface area contributed by atoms with Crippen molar-refractivity contribution < 1.29 is 19.0 Å². The van der Waals surface area contributed by atoms with Gasteiger partial charge in [0.05, 0.1) is 36.4 Å². The number of fused-ring (bicyclic) bond motifs is 1. The molecule has 0 saturated heterocycles. The van der Waals surface area contributed by atoms with E-state index in [1.165, 1.54) is 4.68 Å². The number of carbonyl (C=O) groups is 1. The van der Waals surface area contributed by atoms with Crippen LogP contribution in [0.5, 0.6) is 17.2 Å². The highest BCUT2D eigenvalue weighted by Crippen LogP contribution is 2.29. The Morgan fingerprint density at radius 1 is 0.923 bits per heavy atom. The fourth-order valence-electron chi connectivity index (χ4n) is 3.97. The van der Waals surface area contributed by atoms with Crippen LogP contribution in [0.2, 0.25) is 0 Å². The molecule has 39 heavy (non-hydrogen) atoms. The number of rotatable bonds is 8. The van der Waals surface area contributed by atoms with E-state index in [4.69, 9.17) is 19.2 Å². The second kappa shape index (κ2) is 11.4. The predicted molar refractivity (Wildman–Crippen MR) is 150 cm³/mol. The Labute approximate surface area is 224 Å². The molecule has 0 aliphatic rings. The molecule has 0 saturated carbocycles. The van der Waals surface area contributed by atoms with Gasteiger partial charge in [-0.1, -0.05) is 42.5 Å². The lowest BCUT2D eigenvalue weighted by molar-refractivity contribution is 0.0728. The minimum atomic E-state index is -0.527. The Hall–Kier alpha value is -5.24. The molecule has 0 aliphatic carbocycles. The van der Waals surface area contributed by atoms with Crippen molar-refractivity contribution in [3.63, 3.8) is 0 Å². The van der Waals surface area contributed by atoms with E-state index in [2.05, 4.69) is 5.10 Å². The molecular weight excluding hydrogens is 494 g/mol. The fourth-order valence-corrected chi connectivity index (χ4v) is 3.97. The summed E-state index contributed by atoms with van der Waals surface area (Å²) >= 11 is 0. The SMILES string of the molecule is CCOc1cc(C=Nn2c(-c3ccccc3)nc3ccccc3c2=O)ccc1OC(=O)c1ccc(OC)cc1. The molecule has 4 aromatic carbocycles. The number of para-hydroxylation sites is 1. The molecule has 1 aromatic heterocycles. The lowest BCUT2D eigenvalue weighted by Crippen LogP contribution is -2.20. The van der Waals surface area contributed by atoms with Crippen LogP contribution in [-0.2, 0) is 0 Å². The molecule has 0 unspecified atom stereocenters. The lowest BCUT2D eigenvalue weighted by atomic mass is 10.2. The normalized spacial score (nSPS) is 11.0. The van der Waals surface area contributed by atoms with E-state index in [1.807, 2.05) is 43.3 Å². The van der Waals surface area contributed by atoms with Crippen LogP contribution in [0.4, 0.5) is 0 Å². The van der Waals surface area contributed by atoms with Crippen molar-refractivity contribution in [2.24, 2.45) is 5.10 Å². The second-order valence-electron chi connectivity index (χ2n) is 8.44. The van der Waals surface area contributed by atoms with Gasteiger partial charge in [-0.3, -0.25) is 4.79 Å². The molecule has 0 atom stereocenters. The molecular formula is C31H25N3O5. The number of carbonyl (C=O) groups excluding carboxylic acids is 1. The van der Waals surface area contributed by atoms with E-state index in [1.54, 1.807) is 74.0 Å². The molecule has 0 N–H and O–H groups in total. The molecule has 0 radical (unpaired) electrons. The van der Waals surface area contributed by atoms with Gasteiger partial charge in [0, 0.05) is 5.56 Å². The zero-order valence-electron chi connectivity index (χ0n) is 21.4. The van der Waals surface area contributed by atoms with Gasteiger partial charge in [-0.05, 0) is 67.1 Å². The van der Waals surface area contributed by atoms with Crippen LogP contribution in [0.1, 0.15) is 22.8 Å². The number of esters is 1. The van der Waals surface area contributed by atoms with Crippen LogP contribution in [0, 0.1) is 0 Å². The van der Waals surface area contributed by atoms with Crippen molar-refractivity contribution in [3.8, 4) is 28.6 Å². The number of hydrogen-bond donors (Lipinski definition) is 0. The van der Waals surface area contributed by atoms with Gasteiger partial charge in [-0.15, -0.1) is 0 Å². The Morgan fingerprint density at radius 3 is 2.41 bits per heavy atom. The number of nitrogens with zero attached hydrogens (tertiary/aromatic N) is 3. The minimum absolute atomic E-state index is 0.268. The standard InChI is InChI=1S/C31H25N3O5/c1-3-38-28-19-21(13-18-27(28)39-31(36)23-14-16-24(37-2)17-15-23)20-32-34-29(22-9-5-4-6-10-22)33-26-12-8-7-11-25(26)30(34)35/h4-20H,3H2,1-2H3. The third-order valence-electron chi connectivity index (χ3n) is 5.90. The molecule has 0 bridgehead atoms. The molecule has 0 aliphatic heterocycles. The molecule has 1 heterocycles. The first-order valence-corrected chi connectivity index (χ1v) is 12.3. The van der Waals surface area contributed by atoms with Crippen molar-refractivity contribution in [1.29, 1.82) is 0 Å². The van der Waals surface area contributed by atoms with Gasteiger partial charge in [0.25, 0.3) is 5.56 Å². The lowest BCUT2D eigenvalue weighted by Gasteiger charge is -2.12. The Kier molecular flexibility index (Phi) is 7.45. The van der Waals surface area contributed by atoms with Gasteiger partial charge in [0.15, 0.2) is 17.3 Å². The Balaban J connectivity index is 1.48. The van der Waals surface area contributed by atoms with Crippen molar-refractivity contribution >= 4 is 23.1 Å². The summed E-state index contributed by atoms with van der Waals surface area (Å²) in [5.41, 5.74) is 2.08. The Morgan fingerprint density at radius 2 is 1.67 bits per heavy atom. The highest BCUT2D eigenvalue weighted by molar-refractivity contribution is 5.92. The summed E-state index contributed by atoms with van der Waals surface area (Å²) in [6.07, 6.45) is 1.54. The van der Waals surface area contributed by atoms with Crippen molar-refractivity contribution in [1.82, 2.24) is 9.66 Å². The third-order valence-corrected chi connectivity index (χ3v) is 5.90. The van der Waals surface area contributed by atoms with Crippen LogP contribution >= 0.6 is 0 Å². The third kappa shape index (κ3) is 5.55. The van der Waals surface area contributed by atoms with Crippen LogP contribution in [0.15, 0.2) is 107 Å². The van der Waals surface area contributed by atoms with Crippen LogP contribution < -0.4 is 19.8 Å². The van der Waals surface area contributed by atoms with Gasteiger partial charge in [-0.2, -0.15) is 9.78 Å². The Bertz CT molecular complexity index is 1710. The summed E-state index contributed by atoms with van der Waals surface area (Å²) in [4.78, 5) is 30.8. The molecule has 8 nitrogen and oxygen atoms in total. The van der Waals surface area contributed by atoms with E-state index < -0.39 is 5.97 Å². The molecule has 8 heteroatoms. The monoisotopic (exact) mass is 519 g/mol. The van der Waals surface area contributed by atoms with Gasteiger partial charge in [0.2, 0.25) is 0 Å². The summed E-state index contributed by atoms with van der Waals surface area (Å²) in [6, 6.07) is 28.3. The molecule has 194 valence electrons. The highest BCUT2D eigenvalue weighted by Gasteiger charge is 2.15. The topological polar surface area (TPSA) is 92.0 Å². The van der Waals surface area contributed by atoms with E-state index in [-0.39, 0.29) is 11.3 Å². The second-order valence-corrected chi connectivity index (χ2v) is 8.44. The van der Waals surface area contributed by atoms with Gasteiger partial charge in [0.1, 0.15) is 5.75 Å². The van der Waals surface area contributed by atoms with E-state index in [9.17, 15) is 9.59 Å². The average molecular weight is 520 g/mol. The summed E-state index contributed by atoms with van der Waals surface area (Å²) in [7, 11) is 1.56. The van der Waals surface area contributed by atoms with E-state index in [0.29, 0.717) is 46.0 Å². The van der Waals surface area contributed by atoms with Gasteiger partial charge < -0.3 is 14.2 Å². The number of benzene rings is 4. The fraction of sp³-hybridized carbons (Fsp3) is 0.0968. The molecule has 0 spiro atoms. The summed E-state index contributed by atoms with van der Waals surface area (Å²) in [5, 5.41) is 4.96. The first-order chi connectivity index (χ1) is 19.1.